The van der Waals surface area contributed by atoms with Crippen molar-refractivity contribution < 1.29 is 4.74 Å². The third kappa shape index (κ3) is 2.73. The first-order valence-corrected chi connectivity index (χ1v) is 8.10. The van der Waals surface area contributed by atoms with Crippen LogP contribution in [0.3, 0.4) is 0 Å². The molecule has 1 aliphatic rings. The molecule has 1 aliphatic heterocycles. The molecule has 118 valence electrons. The lowest BCUT2D eigenvalue weighted by atomic mass is 9.94. The predicted octanol–water partition coefficient (Wildman–Crippen LogP) is 3.59. The Morgan fingerprint density at radius 3 is 2.86 bits per heavy atom. The topological polar surface area (TPSA) is 30.3 Å². The fourth-order valence-corrected chi connectivity index (χ4v) is 3.31. The van der Waals surface area contributed by atoms with Gasteiger partial charge in [0.1, 0.15) is 10.9 Å². The molecule has 1 aromatic carbocycles. The van der Waals surface area contributed by atoms with Gasteiger partial charge >= 0.3 is 0 Å². The predicted molar refractivity (Wildman–Crippen MR) is 88.4 cm³/mol. The maximum absolute atomic E-state index is 6.41. The highest BCUT2D eigenvalue weighted by molar-refractivity contribution is 6.30. The third-order valence-corrected chi connectivity index (χ3v) is 4.93. The molecule has 0 amide bonds. The van der Waals surface area contributed by atoms with Gasteiger partial charge < -0.3 is 4.74 Å². The van der Waals surface area contributed by atoms with Crippen molar-refractivity contribution in [2.24, 2.45) is 7.05 Å². The number of aromatic nitrogens is 2. The summed E-state index contributed by atoms with van der Waals surface area (Å²) in [6.45, 7) is 4.08. The van der Waals surface area contributed by atoms with E-state index >= 15 is 0 Å². The highest BCUT2D eigenvalue weighted by Crippen LogP contribution is 2.37. The van der Waals surface area contributed by atoms with Crippen LogP contribution >= 0.6 is 11.6 Å². The van der Waals surface area contributed by atoms with Crippen LogP contribution in [0.15, 0.2) is 24.3 Å². The van der Waals surface area contributed by atoms with Crippen LogP contribution in [0.2, 0.25) is 5.15 Å². The molecule has 3 rings (SSSR count). The molecule has 2 heterocycles. The maximum Gasteiger partial charge on any atom is 0.131 e. The van der Waals surface area contributed by atoms with Crippen molar-refractivity contribution in [1.82, 2.24) is 14.7 Å². The second-order valence-corrected chi connectivity index (χ2v) is 6.10. The van der Waals surface area contributed by atoms with Gasteiger partial charge in [-0.1, -0.05) is 30.7 Å². The summed E-state index contributed by atoms with van der Waals surface area (Å²) < 4.78 is 7.11. The third-order valence-electron chi connectivity index (χ3n) is 4.46. The van der Waals surface area contributed by atoms with Crippen LogP contribution in [0.5, 0.6) is 5.75 Å². The number of likely N-dealkylation sites (tertiary alicyclic amines) is 1. The fourth-order valence-electron chi connectivity index (χ4n) is 3.10. The van der Waals surface area contributed by atoms with Crippen molar-refractivity contribution in [2.75, 3.05) is 13.7 Å². The average molecular weight is 320 g/mol. The van der Waals surface area contributed by atoms with Crippen LogP contribution in [0.1, 0.15) is 36.2 Å². The molecule has 22 heavy (non-hydrogen) atoms. The normalized spacial score (nSPS) is 18.3. The maximum atomic E-state index is 6.41. The van der Waals surface area contributed by atoms with E-state index in [0.29, 0.717) is 6.04 Å². The standard InChI is InChI=1S/C17H22ClN3O/c1-4-15-14(17(18)20(2)19-15)11-21-9-8-16(21)12-6-5-7-13(10-12)22-3/h5-7,10,16H,4,8-9,11H2,1-3H3/t16-/m1/s1. The van der Waals surface area contributed by atoms with Gasteiger partial charge in [-0.05, 0) is 30.5 Å². The SMILES string of the molecule is CCc1nn(C)c(Cl)c1CN1CC[C@@H]1c1cccc(OC)c1. The van der Waals surface area contributed by atoms with Gasteiger partial charge in [-0.15, -0.1) is 0 Å². The smallest absolute Gasteiger partial charge is 0.131 e. The lowest BCUT2D eigenvalue weighted by Crippen LogP contribution is -2.40. The molecule has 0 bridgehead atoms. The highest BCUT2D eigenvalue weighted by Gasteiger charge is 2.31. The number of aryl methyl sites for hydroxylation is 2. The van der Waals surface area contributed by atoms with Crippen LogP contribution in [0, 0.1) is 0 Å². The van der Waals surface area contributed by atoms with Crippen molar-refractivity contribution in [2.45, 2.75) is 32.4 Å². The fraction of sp³-hybridized carbons (Fsp3) is 0.471. The number of benzene rings is 1. The molecule has 0 radical (unpaired) electrons. The Morgan fingerprint density at radius 1 is 1.41 bits per heavy atom. The Balaban J connectivity index is 1.79. The minimum atomic E-state index is 0.441. The highest BCUT2D eigenvalue weighted by atomic mass is 35.5. The molecular formula is C17H22ClN3O. The molecule has 1 fully saturated rings. The number of hydrogen-bond donors (Lipinski definition) is 0. The first-order valence-electron chi connectivity index (χ1n) is 7.72. The minimum Gasteiger partial charge on any atom is -0.497 e. The summed E-state index contributed by atoms with van der Waals surface area (Å²) in [6, 6.07) is 8.78. The van der Waals surface area contributed by atoms with Crippen molar-refractivity contribution in [3.05, 3.63) is 46.2 Å². The van der Waals surface area contributed by atoms with E-state index in [-0.39, 0.29) is 0 Å². The van der Waals surface area contributed by atoms with Crippen molar-refractivity contribution in [3.8, 4) is 5.75 Å². The summed E-state index contributed by atoms with van der Waals surface area (Å²) in [4.78, 5) is 2.46. The van der Waals surface area contributed by atoms with Gasteiger partial charge in [0, 0.05) is 31.7 Å². The van der Waals surface area contributed by atoms with Crippen molar-refractivity contribution in [1.29, 1.82) is 0 Å². The van der Waals surface area contributed by atoms with E-state index in [9.17, 15) is 0 Å². The van der Waals surface area contributed by atoms with Gasteiger partial charge in [-0.3, -0.25) is 9.58 Å². The van der Waals surface area contributed by atoms with Gasteiger partial charge in [0.05, 0.1) is 12.8 Å². The first-order chi connectivity index (χ1) is 10.6. The molecule has 1 saturated heterocycles. The van der Waals surface area contributed by atoms with E-state index in [2.05, 4.69) is 35.1 Å². The molecule has 1 atom stereocenters. The summed E-state index contributed by atoms with van der Waals surface area (Å²) >= 11 is 6.41. The Hall–Kier alpha value is -1.52. The monoisotopic (exact) mass is 319 g/mol. The van der Waals surface area contributed by atoms with E-state index in [1.54, 1.807) is 11.8 Å². The number of hydrogen-bond acceptors (Lipinski definition) is 3. The van der Waals surface area contributed by atoms with Crippen molar-refractivity contribution in [3.63, 3.8) is 0 Å². The van der Waals surface area contributed by atoms with Crippen molar-refractivity contribution >= 4 is 11.6 Å². The Bertz CT molecular complexity index is 668. The summed E-state index contributed by atoms with van der Waals surface area (Å²) in [5.74, 6) is 0.915. The van der Waals surface area contributed by atoms with Crippen LogP contribution in [-0.4, -0.2) is 28.3 Å². The van der Waals surface area contributed by atoms with Gasteiger partial charge in [-0.25, -0.2) is 0 Å². The minimum absolute atomic E-state index is 0.441. The van der Waals surface area contributed by atoms with Gasteiger partial charge in [-0.2, -0.15) is 5.10 Å². The Kier molecular flexibility index (Phi) is 4.41. The average Bonchev–Trinajstić information content (AvgIpc) is 2.78. The number of ether oxygens (including phenoxy) is 1. The second kappa shape index (κ2) is 6.31. The molecular weight excluding hydrogens is 298 g/mol. The van der Waals surface area contributed by atoms with E-state index in [0.717, 1.165) is 36.1 Å². The molecule has 4 nitrogen and oxygen atoms in total. The Morgan fingerprint density at radius 2 is 2.23 bits per heavy atom. The molecule has 5 heteroatoms. The number of rotatable bonds is 5. The summed E-state index contributed by atoms with van der Waals surface area (Å²) in [5.41, 5.74) is 3.58. The molecule has 0 unspecified atom stereocenters. The lowest BCUT2D eigenvalue weighted by Gasteiger charge is -2.41. The van der Waals surface area contributed by atoms with Crippen LogP contribution in [-0.2, 0) is 20.0 Å². The van der Waals surface area contributed by atoms with Crippen LogP contribution < -0.4 is 4.74 Å². The van der Waals surface area contributed by atoms with E-state index in [1.807, 2.05) is 13.1 Å². The quantitative estimate of drug-likeness (QED) is 0.843. The number of nitrogens with zero attached hydrogens (tertiary/aromatic N) is 3. The van der Waals surface area contributed by atoms with Gasteiger partial charge in [0.15, 0.2) is 0 Å². The summed E-state index contributed by atoms with van der Waals surface area (Å²) in [6.07, 6.45) is 2.08. The van der Waals surface area contributed by atoms with Gasteiger partial charge in [0.25, 0.3) is 0 Å². The zero-order valence-corrected chi connectivity index (χ0v) is 14.1. The molecule has 0 spiro atoms. The zero-order chi connectivity index (χ0) is 15.7. The number of halogens is 1. The Labute approximate surface area is 136 Å². The van der Waals surface area contributed by atoms with Crippen LogP contribution in [0.25, 0.3) is 0 Å². The van der Waals surface area contributed by atoms with E-state index < -0.39 is 0 Å². The summed E-state index contributed by atoms with van der Waals surface area (Å²) in [7, 11) is 3.61. The molecule has 2 aromatic rings. The van der Waals surface area contributed by atoms with Crippen LogP contribution in [0.4, 0.5) is 0 Å². The summed E-state index contributed by atoms with van der Waals surface area (Å²) in [5, 5.41) is 5.26. The first kappa shape index (κ1) is 15.4. The lowest BCUT2D eigenvalue weighted by molar-refractivity contribution is 0.0814. The molecule has 1 aromatic heterocycles. The largest absolute Gasteiger partial charge is 0.497 e. The molecule has 0 N–H and O–H groups in total. The second-order valence-electron chi connectivity index (χ2n) is 5.74. The van der Waals surface area contributed by atoms with E-state index in [4.69, 9.17) is 16.3 Å². The molecule has 0 aliphatic carbocycles. The zero-order valence-electron chi connectivity index (χ0n) is 13.3. The van der Waals surface area contributed by atoms with E-state index in [1.165, 1.54) is 17.5 Å². The molecule has 0 saturated carbocycles. The number of methoxy groups -OCH3 is 1. The van der Waals surface area contributed by atoms with Gasteiger partial charge in [0.2, 0.25) is 0 Å².